The van der Waals surface area contributed by atoms with Gasteiger partial charge in [-0.1, -0.05) is 19.8 Å². The van der Waals surface area contributed by atoms with Crippen molar-refractivity contribution in [1.29, 1.82) is 0 Å². The van der Waals surface area contributed by atoms with Crippen molar-refractivity contribution < 1.29 is 4.74 Å². The molecule has 0 aromatic carbocycles. The summed E-state index contributed by atoms with van der Waals surface area (Å²) in [6.45, 7) is 3.54. The summed E-state index contributed by atoms with van der Waals surface area (Å²) < 4.78 is 6.21. The Hall–Kier alpha value is -0.680. The van der Waals surface area contributed by atoms with E-state index in [9.17, 15) is 0 Å². The summed E-state index contributed by atoms with van der Waals surface area (Å²) in [5, 5.41) is 3.37. The lowest BCUT2D eigenvalue weighted by Gasteiger charge is -2.16. The van der Waals surface area contributed by atoms with Crippen LogP contribution in [0.2, 0.25) is 0 Å². The Morgan fingerprint density at radius 3 is 2.68 bits per heavy atom. The average molecular weight is 328 g/mol. The van der Waals surface area contributed by atoms with Gasteiger partial charge in [0.05, 0.1) is 10.2 Å². The number of nitrogens with one attached hydrogen (secondary N) is 1. The second kappa shape index (κ2) is 7.20. The third-order valence-corrected chi connectivity index (χ3v) is 4.26. The Bertz CT molecular complexity index is 419. The van der Waals surface area contributed by atoms with Crippen molar-refractivity contribution in [3.8, 4) is 0 Å². The largest absolute Gasteiger partial charge is 0.377 e. The van der Waals surface area contributed by atoms with Gasteiger partial charge >= 0.3 is 0 Å². The zero-order valence-electron chi connectivity index (χ0n) is 11.7. The molecule has 1 N–H and O–H groups in total. The van der Waals surface area contributed by atoms with Crippen LogP contribution in [0.25, 0.3) is 0 Å². The molecule has 106 valence electrons. The molecule has 0 spiro atoms. The maximum Gasteiger partial charge on any atom is 0.156 e. The van der Waals surface area contributed by atoms with Gasteiger partial charge in [-0.25, -0.2) is 9.97 Å². The SMILES string of the molecule is CCCNc1nc(COC)nc(C2CCCC2)c1Br. The molecule has 0 bridgehead atoms. The van der Waals surface area contributed by atoms with Crippen LogP contribution in [0, 0.1) is 0 Å². The van der Waals surface area contributed by atoms with Crippen molar-refractivity contribution >= 4 is 21.7 Å². The van der Waals surface area contributed by atoms with Crippen LogP contribution in [0.4, 0.5) is 5.82 Å². The van der Waals surface area contributed by atoms with E-state index < -0.39 is 0 Å². The molecule has 1 aliphatic rings. The maximum absolute atomic E-state index is 5.18. The molecule has 5 heteroatoms. The molecule has 2 rings (SSSR count). The zero-order chi connectivity index (χ0) is 13.7. The van der Waals surface area contributed by atoms with Crippen LogP contribution in [0.15, 0.2) is 4.47 Å². The van der Waals surface area contributed by atoms with E-state index in [1.54, 1.807) is 7.11 Å². The fourth-order valence-corrected chi connectivity index (χ4v) is 3.18. The topological polar surface area (TPSA) is 47.0 Å². The van der Waals surface area contributed by atoms with Crippen molar-refractivity contribution in [3.05, 3.63) is 16.0 Å². The van der Waals surface area contributed by atoms with Gasteiger partial charge in [-0.2, -0.15) is 0 Å². The summed E-state index contributed by atoms with van der Waals surface area (Å²) >= 11 is 3.68. The minimum absolute atomic E-state index is 0.466. The Morgan fingerprint density at radius 1 is 1.32 bits per heavy atom. The van der Waals surface area contributed by atoms with Gasteiger partial charge in [0.1, 0.15) is 12.4 Å². The number of halogens is 1. The van der Waals surface area contributed by atoms with Crippen molar-refractivity contribution in [2.75, 3.05) is 19.0 Å². The van der Waals surface area contributed by atoms with E-state index in [0.717, 1.165) is 34.8 Å². The van der Waals surface area contributed by atoms with Crippen molar-refractivity contribution in [3.63, 3.8) is 0 Å². The van der Waals surface area contributed by atoms with Gasteiger partial charge in [-0.05, 0) is 35.2 Å². The molecule has 0 aliphatic heterocycles. The normalized spacial score (nSPS) is 15.9. The summed E-state index contributed by atoms with van der Waals surface area (Å²) in [4.78, 5) is 9.23. The second-order valence-electron chi connectivity index (χ2n) is 5.03. The molecule has 1 saturated carbocycles. The van der Waals surface area contributed by atoms with E-state index in [1.807, 2.05) is 0 Å². The van der Waals surface area contributed by atoms with Gasteiger partial charge in [0.25, 0.3) is 0 Å². The molecule has 1 aliphatic carbocycles. The highest BCUT2D eigenvalue weighted by Gasteiger charge is 2.23. The van der Waals surface area contributed by atoms with E-state index in [-0.39, 0.29) is 0 Å². The number of anilines is 1. The summed E-state index contributed by atoms with van der Waals surface area (Å²) in [5.41, 5.74) is 1.15. The number of hydrogen-bond acceptors (Lipinski definition) is 4. The fourth-order valence-electron chi connectivity index (χ4n) is 2.54. The first-order valence-corrected chi connectivity index (χ1v) is 7.84. The van der Waals surface area contributed by atoms with Gasteiger partial charge in [-0.3, -0.25) is 0 Å². The molecule has 1 aromatic heterocycles. The van der Waals surface area contributed by atoms with Crippen LogP contribution in [0.5, 0.6) is 0 Å². The second-order valence-corrected chi connectivity index (χ2v) is 5.82. The molecular weight excluding hydrogens is 306 g/mol. The molecule has 0 saturated heterocycles. The van der Waals surface area contributed by atoms with Crippen LogP contribution in [0.1, 0.15) is 56.5 Å². The van der Waals surface area contributed by atoms with E-state index in [4.69, 9.17) is 4.74 Å². The number of methoxy groups -OCH3 is 1. The first-order valence-electron chi connectivity index (χ1n) is 7.05. The predicted octanol–water partition coefficient (Wildman–Crippen LogP) is 3.87. The Morgan fingerprint density at radius 2 is 2.05 bits per heavy atom. The van der Waals surface area contributed by atoms with E-state index in [0.29, 0.717) is 12.5 Å². The van der Waals surface area contributed by atoms with Gasteiger partial charge in [0.2, 0.25) is 0 Å². The van der Waals surface area contributed by atoms with Gasteiger partial charge < -0.3 is 10.1 Å². The third-order valence-electron chi connectivity index (χ3n) is 3.48. The summed E-state index contributed by atoms with van der Waals surface area (Å²) in [6, 6.07) is 0. The number of ether oxygens (including phenoxy) is 1. The predicted molar refractivity (Wildman–Crippen MR) is 80.4 cm³/mol. The summed E-state index contributed by atoms with van der Waals surface area (Å²) in [7, 11) is 1.68. The van der Waals surface area contributed by atoms with Crippen molar-refractivity contribution in [2.24, 2.45) is 0 Å². The summed E-state index contributed by atoms with van der Waals surface area (Å²) in [6.07, 6.45) is 6.15. The zero-order valence-corrected chi connectivity index (χ0v) is 13.3. The standard InChI is InChI=1S/C14H22BrN3O/c1-3-8-16-14-12(15)13(10-6-4-5-7-10)17-11(18-14)9-19-2/h10H,3-9H2,1-2H3,(H,16,17,18). The molecule has 0 atom stereocenters. The van der Waals surface area contributed by atoms with Gasteiger partial charge in [0, 0.05) is 19.6 Å². The van der Waals surface area contributed by atoms with Gasteiger partial charge in [0.15, 0.2) is 5.82 Å². The maximum atomic E-state index is 5.18. The smallest absolute Gasteiger partial charge is 0.156 e. The molecular formula is C14H22BrN3O. The quantitative estimate of drug-likeness (QED) is 0.861. The van der Waals surface area contributed by atoms with E-state index in [1.165, 1.54) is 25.7 Å². The molecule has 1 heterocycles. The molecule has 1 aromatic rings. The van der Waals surface area contributed by atoms with Crippen LogP contribution < -0.4 is 5.32 Å². The van der Waals surface area contributed by atoms with Gasteiger partial charge in [-0.15, -0.1) is 0 Å². The molecule has 0 radical (unpaired) electrons. The number of aromatic nitrogens is 2. The van der Waals surface area contributed by atoms with Crippen LogP contribution in [-0.4, -0.2) is 23.6 Å². The first-order chi connectivity index (χ1) is 9.26. The highest BCUT2D eigenvalue weighted by Crippen LogP contribution is 2.38. The Labute approximate surface area is 123 Å². The summed E-state index contributed by atoms with van der Waals surface area (Å²) in [5.74, 6) is 2.24. The van der Waals surface area contributed by atoms with Crippen LogP contribution in [0.3, 0.4) is 0 Å². The molecule has 19 heavy (non-hydrogen) atoms. The van der Waals surface area contributed by atoms with Crippen LogP contribution >= 0.6 is 15.9 Å². The lowest BCUT2D eigenvalue weighted by molar-refractivity contribution is 0.177. The first kappa shape index (κ1) is 14.7. The molecule has 4 nitrogen and oxygen atoms in total. The van der Waals surface area contributed by atoms with E-state index >= 15 is 0 Å². The Kier molecular flexibility index (Phi) is 5.58. The lowest BCUT2D eigenvalue weighted by Crippen LogP contribution is -2.11. The third kappa shape index (κ3) is 3.66. The van der Waals surface area contributed by atoms with E-state index in [2.05, 4.69) is 38.1 Å². The monoisotopic (exact) mass is 327 g/mol. The Balaban J connectivity index is 2.30. The number of hydrogen-bond donors (Lipinski definition) is 1. The molecule has 0 amide bonds. The van der Waals surface area contributed by atoms with Crippen LogP contribution in [-0.2, 0) is 11.3 Å². The number of rotatable bonds is 6. The highest BCUT2D eigenvalue weighted by molar-refractivity contribution is 9.10. The highest BCUT2D eigenvalue weighted by atomic mass is 79.9. The minimum atomic E-state index is 0.466. The van der Waals surface area contributed by atoms with Crippen molar-refractivity contribution in [2.45, 2.75) is 51.6 Å². The lowest BCUT2D eigenvalue weighted by atomic mass is 10.0. The van der Waals surface area contributed by atoms with Crippen molar-refractivity contribution in [1.82, 2.24) is 9.97 Å². The number of nitrogens with zero attached hydrogens (tertiary/aromatic N) is 2. The minimum Gasteiger partial charge on any atom is -0.377 e. The fraction of sp³-hybridized carbons (Fsp3) is 0.714. The average Bonchev–Trinajstić information content (AvgIpc) is 2.93. The molecule has 1 fully saturated rings. The molecule has 0 unspecified atom stereocenters.